The van der Waals surface area contributed by atoms with Gasteiger partial charge in [-0.05, 0) is 0 Å². The van der Waals surface area contributed by atoms with Gasteiger partial charge in [0.25, 0.3) is 0 Å². The molecule has 4 rings (SSSR count). The Kier molecular flexibility index (Phi) is 5.99. The molecule has 122 valence electrons. The van der Waals surface area contributed by atoms with E-state index < -0.39 is 0 Å². The average molecular weight is 452 g/mol. The van der Waals surface area contributed by atoms with Gasteiger partial charge in [-0.25, -0.2) is 0 Å². The van der Waals surface area contributed by atoms with Crippen molar-refractivity contribution in [2.45, 2.75) is 0 Å². The van der Waals surface area contributed by atoms with E-state index in [4.69, 9.17) is 0 Å². The van der Waals surface area contributed by atoms with Crippen LogP contribution in [0.5, 0.6) is 0 Å². The van der Waals surface area contributed by atoms with Crippen molar-refractivity contribution in [1.29, 1.82) is 0 Å². The third-order valence-corrected chi connectivity index (χ3v) is 6.42. The van der Waals surface area contributed by atoms with Gasteiger partial charge in [0.2, 0.25) is 0 Å². The fraction of sp³-hybridized carbons (Fsp3) is 0. The van der Waals surface area contributed by atoms with Crippen LogP contribution in [0.25, 0.3) is 31.1 Å². The van der Waals surface area contributed by atoms with Crippen molar-refractivity contribution in [3.05, 3.63) is 103 Å². The van der Waals surface area contributed by atoms with E-state index in [1.165, 1.54) is 31.1 Å². The summed E-state index contributed by atoms with van der Waals surface area (Å²) >= 11 is 0.307. The quantitative estimate of drug-likeness (QED) is 0.420. The molecule has 0 bridgehead atoms. The Morgan fingerprint density at radius 3 is 1.16 bits per heavy atom. The van der Waals surface area contributed by atoms with E-state index in [-0.39, 0.29) is 17.0 Å². The molecule has 0 amide bonds. The Hall–Kier alpha value is -1.99. The van der Waals surface area contributed by atoms with E-state index >= 15 is 0 Å². The summed E-state index contributed by atoms with van der Waals surface area (Å²) in [6, 6.07) is 36.9. The minimum atomic E-state index is 0. The summed E-state index contributed by atoms with van der Waals surface area (Å²) < 4.78 is 2.87. The van der Waals surface area contributed by atoms with Crippen molar-refractivity contribution in [1.82, 2.24) is 0 Å². The molecule has 0 saturated carbocycles. The third kappa shape index (κ3) is 4.16. The summed E-state index contributed by atoms with van der Waals surface area (Å²) in [5.74, 6) is 0. The second-order valence-electron chi connectivity index (χ2n) is 5.67. The summed E-state index contributed by atoms with van der Waals surface area (Å²) in [6.45, 7) is 0. The summed E-state index contributed by atoms with van der Waals surface area (Å²) in [7, 11) is 0. The summed E-state index contributed by atoms with van der Waals surface area (Å²) in [4.78, 5) is 0. The molecule has 1 heterocycles. The standard InChI is InChI=1S/C23H17Se.BrH/c1-4-10-18(11-5-1)21-16-22(19-12-6-2-7-13-19)24-23(17-21)20-14-8-3-9-15-20;/h1-17H;1H/q+1;/p-1. The monoisotopic (exact) mass is 452 g/mol. The van der Waals surface area contributed by atoms with Gasteiger partial charge in [-0.15, -0.1) is 0 Å². The molecule has 3 aromatic carbocycles. The Morgan fingerprint density at radius 2 is 0.760 bits per heavy atom. The molecular formula is C23H17BrSe. The number of halogens is 1. The van der Waals surface area contributed by atoms with Crippen LogP contribution in [0.4, 0.5) is 0 Å². The zero-order valence-corrected chi connectivity index (χ0v) is 16.9. The number of hydrogen-bond acceptors (Lipinski definition) is 0. The molecule has 0 fully saturated rings. The number of hydrogen-bond donors (Lipinski definition) is 0. The zero-order valence-electron chi connectivity index (χ0n) is 13.6. The van der Waals surface area contributed by atoms with Crippen LogP contribution in [0.2, 0.25) is 0 Å². The first-order valence-corrected chi connectivity index (χ1v) is 9.76. The molecule has 0 saturated heterocycles. The van der Waals surface area contributed by atoms with Crippen LogP contribution in [0, 0.1) is 0 Å². The molecule has 0 aliphatic heterocycles. The zero-order chi connectivity index (χ0) is 16.2. The van der Waals surface area contributed by atoms with Gasteiger partial charge in [0.1, 0.15) is 0 Å². The summed E-state index contributed by atoms with van der Waals surface area (Å²) in [5, 5.41) is 0. The maximum atomic E-state index is 2.36. The fourth-order valence-electron chi connectivity index (χ4n) is 2.79. The van der Waals surface area contributed by atoms with Crippen LogP contribution >= 0.6 is 0 Å². The molecule has 0 aliphatic carbocycles. The normalized spacial score (nSPS) is 10.1. The van der Waals surface area contributed by atoms with E-state index in [2.05, 4.69) is 103 Å². The molecule has 0 unspecified atom stereocenters. The maximum absolute atomic E-state index is 2.36. The van der Waals surface area contributed by atoms with Crippen molar-refractivity contribution >= 4 is 14.5 Å². The molecule has 0 spiro atoms. The van der Waals surface area contributed by atoms with Crippen LogP contribution in [0.15, 0.2) is 103 Å². The second kappa shape index (κ2) is 8.40. The molecule has 1 aromatic heterocycles. The van der Waals surface area contributed by atoms with Gasteiger partial charge in [-0.3, -0.25) is 0 Å². The fourth-order valence-corrected chi connectivity index (χ4v) is 5.13. The van der Waals surface area contributed by atoms with Crippen LogP contribution in [0.1, 0.15) is 0 Å². The van der Waals surface area contributed by atoms with Gasteiger partial charge in [-0.1, -0.05) is 0 Å². The molecule has 0 atom stereocenters. The van der Waals surface area contributed by atoms with E-state index in [0.29, 0.717) is 14.5 Å². The van der Waals surface area contributed by atoms with Gasteiger partial charge >= 0.3 is 149 Å². The van der Waals surface area contributed by atoms with Crippen molar-refractivity contribution in [2.24, 2.45) is 0 Å². The van der Waals surface area contributed by atoms with Crippen LogP contribution in [0.3, 0.4) is 0 Å². The second-order valence-corrected chi connectivity index (χ2v) is 7.95. The predicted molar refractivity (Wildman–Crippen MR) is 104 cm³/mol. The van der Waals surface area contributed by atoms with Gasteiger partial charge in [-0.2, -0.15) is 0 Å². The summed E-state index contributed by atoms with van der Waals surface area (Å²) in [6.07, 6.45) is 0. The van der Waals surface area contributed by atoms with Crippen LogP contribution in [-0.2, 0) is 0 Å². The van der Waals surface area contributed by atoms with Crippen LogP contribution in [-0.4, -0.2) is 14.5 Å². The van der Waals surface area contributed by atoms with E-state index in [1.54, 1.807) is 0 Å². The summed E-state index contributed by atoms with van der Waals surface area (Å²) in [5.41, 5.74) is 5.22. The Labute approximate surface area is 165 Å². The molecule has 4 aromatic rings. The molecule has 25 heavy (non-hydrogen) atoms. The first-order valence-electron chi connectivity index (χ1n) is 8.04. The van der Waals surface area contributed by atoms with E-state index in [0.717, 1.165) is 0 Å². The molecule has 2 heteroatoms. The van der Waals surface area contributed by atoms with E-state index in [1.807, 2.05) is 0 Å². The minimum absolute atomic E-state index is 0. The van der Waals surface area contributed by atoms with Crippen molar-refractivity contribution in [3.8, 4) is 31.1 Å². The van der Waals surface area contributed by atoms with Crippen molar-refractivity contribution in [2.75, 3.05) is 0 Å². The average Bonchev–Trinajstić information content (AvgIpc) is 2.70. The third-order valence-electron chi connectivity index (χ3n) is 4.02. The van der Waals surface area contributed by atoms with Crippen LogP contribution < -0.4 is 17.0 Å². The van der Waals surface area contributed by atoms with Gasteiger partial charge in [0.05, 0.1) is 0 Å². The SMILES string of the molecule is [Br-].c1ccc(-c2cc(-c3ccccc3)[se+]c(-c3ccccc3)c2)cc1. The first kappa shape index (κ1) is 17.8. The molecule has 0 N–H and O–H groups in total. The number of rotatable bonds is 3. The number of benzene rings is 3. The molecule has 0 radical (unpaired) electrons. The Morgan fingerprint density at radius 1 is 0.400 bits per heavy atom. The van der Waals surface area contributed by atoms with Crippen molar-refractivity contribution in [3.63, 3.8) is 0 Å². The van der Waals surface area contributed by atoms with Crippen molar-refractivity contribution < 1.29 is 17.0 Å². The van der Waals surface area contributed by atoms with Gasteiger partial charge in [0.15, 0.2) is 0 Å². The van der Waals surface area contributed by atoms with Gasteiger partial charge in [0, 0.05) is 0 Å². The molecule has 0 nitrogen and oxygen atoms in total. The Balaban J connectivity index is 0.00000182. The molecular weight excluding hydrogens is 435 g/mol. The first-order chi connectivity index (χ1) is 11.9. The predicted octanol–water partition coefficient (Wildman–Crippen LogP) is 3.03. The Bertz CT molecular complexity index is 796. The molecule has 0 aliphatic rings. The topological polar surface area (TPSA) is 0 Å². The van der Waals surface area contributed by atoms with Gasteiger partial charge < -0.3 is 17.0 Å². The van der Waals surface area contributed by atoms with E-state index in [9.17, 15) is 0 Å².